The van der Waals surface area contributed by atoms with Crippen molar-refractivity contribution in [1.82, 2.24) is 9.47 Å². The Morgan fingerprint density at radius 1 is 1.04 bits per heavy atom. The van der Waals surface area contributed by atoms with E-state index in [1.165, 1.54) is 0 Å². The number of ether oxygens (including phenoxy) is 1. The topological polar surface area (TPSA) is 51.5 Å². The van der Waals surface area contributed by atoms with Crippen LogP contribution in [0.2, 0.25) is 0 Å². The summed E-state index contributed by atoms with van der Waals surface area (Å²) in [4.78, 5) is 26.3. The van der Waals surface area contributed by atoms with Crippen molar-refractivity contribution in [2.45, 2.75) is 65.1 Å². The molecule has 5 nitrogen and oxygen atoms in total. The molecule has 0 saturated carbocycles. The Kier molecular flexibility index (Phi) is 6.22. The highest BCUT2D eigenvalue weighted by atomic mass is 16.6. The van der Waals surface area contributed by atoms with E-state index in [4.69, 9.17) is 4.74 Å². The third-order valence-electron chi connectivity index (χ3n) is 5.54. The van der Waals surface area contributed by atoms with Crippen molar-refractivity contribution in [2.24, 2.45) is 0 Å². The number of hydrogen-bond donors (Lipinski definition) is 0. The van der Waals surface area contributed by atoms with E-state index in [1.807, 2.05) is 37.9 Å². The van der Waals surface area contributed by atoms with E-state index < -0.39 is 0 Å². The summed E-state index contributed by atoms with van der Waals surface area (Å²) in [6, 6.07) is 11.9. The van der Waals surface area contributed by atoms with Crippen LogP contribution in [0.4, 0.5) is 4.79 Å². The molecule has 2 heterocycles. The number of benzene rings is 1. The summed E-state index contributed by atoms with van der Waals surface area (Å²) in [6.07, 6.45) is 4.32. The predicted molar refractivity (Wildman–Crippen MR) is 111 cm³/mol. The number of carbonyl (C=O) groups is 1. The van der Waals surface area contributed by atoms with Crippen LogP contribution in [0.25, 0.3) is 11.1 Å². The maximum atomic E-state index is 12.4. The van der Waals surface area contributed by atoms with Crippen molar-refractivity contribution in [3.8, 4) is 11.1 Å². The van der Waals surface area contributed by atoms with Gasteiger partial charge in [-0.1, -0.05) is 38.1 Å². The highest BCUT2D eigenvalue weighted by Gasteiger charge is 2.31. The smallest absolute Gasteiger partial charge is 0.410 e. The van der Waals surface area contributed by atoms with Crippen LogP contribution in [0.5, 0.6) is 0 Å². The highest BCUT2D eigenvalue weighted by Crippen LogP contribution is 2.30. The SMILES string of the molecule is CCC(c1ccc(-c2ccc(=O)n(C(C)C)c2)cc1)N1CC[C@@H](CC)OC1=O. The molecule has 1 amide bonds. The molecule has 1 saturated heterocycles. The molecule has 0 aliphatic carbocycles. The number of pyridine rings is 1. The molecule has 0 N–H and O–H groups in total. The normalized spacial score (nSPS) is 18.2. The Balaban J connectivity index is 1.82. The minimum Gasteiger partial charge on any atom is -0.446 e. The first-order valence-corrected chi connectivity index (χ1v) is 10.2. The van der Waals surface area contributed by atoms with Gasteiger partial charge in [0.25, 0.3) is 5.56 Å². The highest BCUT2D eigenvalue weighted by molar-refractivity contribution is 5.69. The summed E-state index contributed by atoms with van der Waals surface area (Å²) in [7, 11) is 0. The third-order valence-corrected chi connectivity index (χ3v) is 5.54. The lowest BCUT2D eigenvalue weighted by atomic mass is 9.98. The quantitative estimate of drug-likeness (QED) is 0.693. The number of hydrogen-bond acceptors (Lipinski definition) is 3. The average Bonchev–Trinajstić information content (AvgIpc) is 2.70. The van der Waals surface area contributed by atoms with Crippen molar-refractivity contribution in [1.29, 1.82) is 0 Å². The maximum Gasteiger partial charge on any atom is 0.410 e. The number of nitrogens with zero attached hydrogens (tertiary/aromatic N) is 2. The zero-order chi connectivity index (χ0) is 20.3. The fourth-order valence-electron chi connectivity index (χ4n) is 3.83. The van der Waals surface area contributed by atoms with E-state index in [2.05, 4.69) is 31.2 Å². The summed E-state index contributed by atoms with van der Waals surface area (Å²) in [5, 5.41) is 0. The van der Waals surface area contributed by atoms with Crippen LogP contribution < -0.4 is 5.56 Å². The van der Waals surface area contributed by atoms with E-state index >= 15 is 0 Å². The van der Waals surface area contributed by atoms with Crippen LogP contribution in [0.3, 0.4) is 0 Å². The Morgan fingerprint density at radius 3 is 2.29 bits per heavy atom. The van der Waals surface area contributed by atoms with Gasteiger partial charge in [-0.25, -0.2) is 4.79 Å². The van der Waals surface area contributed by atoms with Gasteiger partial charge in [0, 0.05) is 31.3 Å². The predicted octanol–water partition coefficient (Wildman–Crippen LogP) is 5.17. The van der Waals surface area contributed by atoms with Gasteiger partial charge >= 0.3 is 6.09 Å². The molecule has 0 spiro atoms. The number of amides is 1. The molecule has 3 rings (SSSR count). The maximum absolute atomic E-state index is 12.4. The molecule has 5 heteroatoms. The van der Waals surface area contributed by atoms with Gasteiger partial charge in [0.15, 0.2) is 0 Å². The summed E-state index contributed by atoms with van der Waals surface area (Å²) < 4.78 is 7.29. The summed E-state index contributed by atoms with van der Waals surface area (Å²) >= 11 is 0. The molecule has 1 aliphatic heterocycles. The second-order valence-electron chi connectivity index (χ2n) is 7.70. The molecule has 150 valence electrons. The standard InChI is InChI=1S/C23H30N2O3/c1-5-20-13-14-24(23(27)28-20)21(6-2)18-9-7-17(8-10-18)19-11-12-22(26)25(15-19)16(3)4/h7-12,15-16,20-21H,5-6,13-14H2,1-4H3/t20-,21?/m1/s1. The monoisotopic (exact) mass is 382 g/mol. The Hall–Kier alpha value is -2.56. The van der Waals surface area contributed by atoms with Gasteiger partial charge < -0.3 is 14.2 Å². The Labute approximate surface area is 166 Å². The molecule has 1 fully saturated rings. The van der Waals surface area contributed by atoms with Crippen molar-refractivity contribution in [3.05, 3.63) is 58.5 Å². The van der Waals surface area contributed by atoms with Gasteiger partial charge in [-0.3, -0.25) is 4.79 Å². The van der Waals surface area contributed by atoms with E-state index in [0.717, 1.165) is 42.5 Å². The molecule has 0 radical (unpaired) electrons. The molecule has 28 heavy (non-hydrogen) atoms. The molecule has 1 aliphatic rings. The van der Waals surface area contributed by atoms with Crippen LogP contribution in [-0.4, -0.2) is 28.2 Å². The minimum atomic E-state index is -0.210. The largest absolute Gasteiger partial charge is 0.446 e. The Bertz CT molecular complexity index is 870. The third kappa shape index (κ3) is 4.13. The summed E-state index contributed by atoms with van der Waals surface area (Å²) in [5.74, 6) is 0. The van der Waals surface area contributed by atoms with Crippen molar-refractivity contribution >= 4 is 6.09 Å². The summed E-state index contributed by atoms with van der Waals surface area (Å²) in [5.41, 5.74) is 3.18. The second kappa shape index (κ2) is 8.63. The van der Waals surface area contributed by atoms with Gasteiger partial charge in [0.2, 0.25) is 0 Å². The number of rotatable bonds is 6. The van der Waals surface area contributed by atoms with E-state index in [9.17, 15) is 9.59 Å². The van der Waals surface area contributed by atoms with Gasteiger partial charge in [0.1, 0.15) is 6.10 Å². The lowest BCUT2D eigenvalue weighted by Gasteiger charge is -2.36. The zero-order valence-corrected chi connectivity index (χ0v) is 17.2. The number of cyclic esters (lactones) is 1. The van der Waals surface area contributed by atoms with Crippen LogP contribution in [0, 0.1) is 0 Å². The van der Waals surface area contributed by atoms with Crippen molar-refractivity contribution in [3.63, 3.8) is 0 Å². The lowest BCUT2D eigenvalue weighted by molar-refractivity contribution is 0.00885. The molecule has 2 atom stereocenters. The fraction of sp³-hybridized carbons (Fsp3) is 0.478. The molecular formula is C23H30N2O3. The molecule has 0 bridgehead atoms. The molecule has 1 aromatic heterocycles. The molecular weight excluding hydrogens is 352 g/mol. The van der Waals surface area contributed by atoms with Crippen LogP contribution in [0.15, 0.2) is 47.4 Å². The Morgan fingerprint density at radius 2 is 1.71 bits per heavy atom. The number of carbonyl (C=O) groups excluding carboxylic acids is 1. The van der Waals surface area contributed by atoms with Crippen molar-refractivity contribution in [2.75, 3.05) is 6.54 Å². The van der Waals surface area contributed by atoms with E-state index in [-0.39, 0.29) is 29.8 Å². The first kappa shape index (κ1) is 20.2. The first-order chi connectivity index (χ1) is 13.4. The van der Waals surface area contributed by atoms with Gasteiger partial charge in [-0.15, -0.1) is 0 Å². The molecule has 1 aromatic carbocycles. The number of aromatic nitrogens is 1. The van der Waals surface area contributed by atoms with Crippen molar-refractivity contribution < 1.29 is 9.53 Å². The van der Waals surface area contributed by atoms with E-state index in [0.29, 0.717) is 0 Å². The van der Waals surface area contributed by atoms with Crippen LogP contribution in [-0.2, 0) is 4.74 Å². The van der Waals surface area contributed by atoms with Gasteiger partial charge in [-0.2, -0.15) is 0 Å². The first-order valence-electron chi connectivity index (χ1n) is 10.2. The lowest BCUT2D eigenvalue weighted by Crippen LogP contribution is -2.43. The molecule has 2 aromatic rings. The summed E-state index contributed by atoms with van der Waals surface area (Å²) in [6.45, 7) is 8.88. The molecule has 1 unspecified atom stereocenters. The van der Waals surface area contributed by atoms with Crippen LogP contribution in [0.1, 0.15) is 64.6 Å². The van der Waals surface area contributed by atoms with Gasteiger partial charge in [0.05, 0.1) is 6.04 Å². The zero-order valence-electron chi connectivity index (χ0n) is 17.2. The second-order valence-corrected chi connectivity index (χ2v) is 7.70. The van der Waals surface area contributed by atoms with Gasteiger partial charge in [-0.05, 0) is 49.4 Å². The fourth-order valence-corrected chi connectivity index (χ4v) is 3.83. The van der Waals surface area contributed by atoms with Crippen LogP contribution >= 0.6 is 0 Å². The minimum absolute atomic E-state index is 0.00964. The average molecular weight is 383 g/mol. The van der Waals surface area contributed by atoms with E-state index in [1.54, 1.807) is 10.6 Å².